The molecule has 1 unspecified atom stereocenters. The molecule has 3 nitrogen and oxygen atoms in total. The number of benzene rings is 2. The standard InChI is InChI=1S/C17H19FO3/c1-12(19)16-11-14(18)5-8-17(16)21-10-9-13-3-6-15(20-2)7-4-13/h3-8,11-12,19H,9-10H2,1-2H3. The van der Waals surface area contributed by atoms with E-state index in [1.54, 1.807) is 20.1 Å². The largest absolute Gasteiger partial charge is 0.497 e. The zero-order chi connectivity index (χ0) is 15.2. The second kappa shape index (κ2) is 7.09. The van der Waals surface area contributed by atoms with E-state index in [0.717, 1.165) is 17.7 Å². The molecular weight excluding hydrogens is 271 g/mol. The number of methoxy groups -OCH3 is 1. The molecule has 0 heterocycles. The van der Waals surface area contributed by atoms with Crippen LogP contribution < -0.4 is 9.47 Å². The predicted molar refractivity (Wildman–Crippen MR) is 79.2 cm³/mol. The molecule has 0 saturated heterocycles. The first kappa shape index (κ1) is 15.3. The van der Waals surface area contributed by atoms with E-state index in [0.29, 0.717) is 17.9 Å². The van der Waals surface area contributed by atoms with Gasteiger partial charge in [0.1, 0.15) is 17.3 Å². The van der Waals surface area contributed by atoms with Crippen molar-refractivity contribution in [1.29, 1.82) is 0 Å². The lowest BCUT2D eigenvalue weighted by Crippen LogP contribution is -2.05. The van der Waals surface area contributed by atoms with Crippen LogP contribution in [0.3, 0.4) is 0 Å². The Balaban J connectivity index is 1.96. The highest BCUT2D eigenvalue weighted by Gasteiger charge is 2.10. The molecule has 1 atom stereocenters. The summed E-state index contributed by atoms with van der Waals surface area (Å²) in [7, 11) is 1.63. The summed E-state index contributed by atoms with van der Waals surface area (Å²) in [6, 6.07) is 11.9. The van der Waals surface area contributed by atoms with Crippen molar-refractivity contribution in [2.24, 2.45) is 0 Å². The van der Waals surface area contributed by atoms with Crippen LogP contribution in [0.1, 0.15) is 24.2 Å². The van der Waals surface area contributed by atoms with E-state index in [9.17, 15) is 9.50 Å². The quantitative estimate of drug-likeness (QED) is 0.885. The Morgan fingerprint density at radius 2 is 1.86 bits per heavy atom. The van der Waals surface area contributed by atoms with Crippen LogP contribution >= 0.6 is 0 Å². The summed E-state index contributed by atoms with van der Waals surface area (Å²) >= 11 is 0. The van der Waals surface area contributed by atoms with Gasteiger partial charge in [-0.1, -0.05) is 12.1 Å². The third kappa shape index (κ3) is 4.20. The zero-order valence-electron chi connectivity index (χ0n) is 12.2. The molecule has 0 spiro atoms. The highest BCUT2D eigenvalue weighted by atomic mass is 19.1. The first-order valence-electron chi connectivity index (χ1n) is 6.83. The lowest BCUT2D eigenvalue weighted by atomic mass is 10.1. The molecule has 0 aromatic heterocycles. The van der Waals surface area contributed by atoms with Crippen LogP contribution in [0.5, 0.6) is 11.5 Å². The van der Waals surface area contributed by atoms with Crippen LogP contribution in [0.4, 0.5) is 4.39 Å². The van der Waals surface area contributed by atoms with E-state index in [2.05, 4.69) is 0 Å². The predicted octanol–water partition coefficient (Wildman–Crippen LogP) is 3.51. The molecule has 2 aromatic carbocycles. The van der Waals surface area contributed by atoms with E-state index in [-0.39, 0.29) is 5.82 Å². The van der Waals surface area contributed by atoms with Gasteiger partial charge in [-0.05, 0) is 42.8 Å². The van der Waals surface area contributed by atoms with Crippen molar-refractivity contribution >= 4 is 0 Å². The maximum Gasteiger partial charge on any atom is 0.125 e. The molecule has 0 aliphatic heterocycles. The van der Waals surface area contributed by atoms with Crippen molar-refractivity contribution in [2.75, 3.05) is 13.7 Å². The average Bonchev–Trinajstić information content (AvgIpc) is 2.49. The smallest absolute Gasteiger partial charge is 0.125 e. The Bertz CT molecular complexity index is 579. The van der Waals surface area contributed by atoms with Crippen molar-refractivity contribution in [3.8, 4) is 11.5 Å². The Labute approximate surface area is 124 Å². The summed E-state index contributed by atoms with van der Waals surface area (Å²) in [5.41, 5.74) is 1.58. The minimum absolute atomic E-state index is 0.381. The molecule has 112 valence electrons. The van der Waals surface area contributed by atoms with Gasteiger partial charge in [0.2, 0.25) is 0 Å². The Morgan fingerprint density at radius 1 is 1.14 bits per heavy atom. The van der Waals surface area contributed by atoms with Crippen molar-refractivity contribution < 1.29 is 19.0 Å². The molecule has 0 amide bonds. The van der Waals surface area contributed by atoms with Crippen LogP contribution in [0.15, 0.2) is 42.5 Å². The molecule has 0 fully saturated rings. The van der Waals surface area contributed by atoms with Gasteiger partial charge in [0.05, 0.1) is 19.8 Å². The van der Waals surface area contributed by atoms with E-state index < -0.39 is 6.10 Å². The van der Waals surface area contributed by atoms with Gasteiger partial charge in [-0.3, -0.25) is 0 Å². The molecule has 2 rings (SSSR count). The Morgan fingerprint density at radius 3 is 2.48 bits per heavy atom. The minimum atomic E-state index is -0.767. The van der Waals surface area contributed by atoms with Gasteiger partial charge in [0.25, 0.3) is 0 Å². The van der Waals surface area contributed by atoms with Gasteiger partial charge in [0, 0.05) is 12.0 Å². The fourth-order valence-electron chi connectivity index (χ4n) is 2.05. The van der Waals surface area contributed by atoms with Crippen LogP contribution in [-0.2, 0) is 6.42 Å². The van der Waals surface area contributed by atoms with E-state index >= 15 is 0 Å². The Kier molecular flexibility index (Phi) is 5.17. The van der Waals surface area contributed by atoms with Crippen LogP contribution in [0, 0.1) is 5.82 Å². The normalized spacial score (nSPS) is 12.0. The summed E-state index contributed by atoms with van der Waals surface area (Å²) in [6.45, 7) is 2.04. The highest BCUT2D eigenvalue weighted by molar-refractivity contribution is 5.35. The fourth-order valence-corrected chi connectivity index (χ4v) is 2.05. The summed E-state index contributed by atoms with van der Waals surface area (Å²) in [4.78, 5) is 0. The van der Waals surface area contributed by atoms with Gasteiger partial charge >= 0.3 is 0 Å². The second-order valence-electron chi connectivity index (χ2n) is 4.80. The number of aliphatic hydroxyl groups excluding tert-OH is 1. The molecular formula is C17H19FO3. The monoisotopic (exact) mass is 290 g/mol. The van der Waals surface area contributed by atoms with Crippen LogP contribution in [0.2, 0.25) is 0 Å². The number of rotatable bonds is 6. The lowest BCUT2D eigenvalue weighted by molar-refractivity contribution is 0.191. The third-order valence-electron chi connectivity index (χ3n) is 3.23. The molecule has 21 heavy (non-hydrogen) atoms. The maximum atomic E-state index is 13.2. The number of halogens is 1. The Hall–Kier alpha value is -2.07. The molecule has 1 N–H and O–H groups in total. The van der Waals surface area contributed by atoms with Gasteiger partial charge < -0.3 is 14.6 Å². The van der Waals surface area contributed by atoms with Crippen molar-refractivity contribution in [2.45, 2.75) is 19.4 Å². The number of aliphatic hydroxyl groups is 1. The summed E-state index contributed by atoms with van der Waals surface area (Å²) in [6.07, 6.45) is -0.0441. The SMILES string of the molecule is COc1ccc(CCOc2ccc(F)cc2C(C)O)cc1. The third-order valence-corrected chi connectivity index (χ3v) is 3.23. The number of ether oxygens (including phenoxy) is 2. The molecule has 0 saturated carbocycles. The van der Waals surface area contributed by atoms with Gasteiger partial charge in [-0.25, -0.2) is 4.39 Å². The van der Waals surface area contributed by atoms with E-state index in [4.69, 9.17) is 9.47 Å². The van der Waals surface area contributed by atoms with E-state index in [1.807, 2.05) is 24.3 Å². The van der Waals surface area contributed by atoms with Crippen LogP contribution in [-0.4, -0.2) is 18.8 Å². The first-order valence-corrected chi connectivity index (χ1v) is 6.83. The summed E-state index contributed by atoms with van der Waals surface area (Å²) < 4.78 is 23.9. The fraction of sp³-hybridized carbons (Fsp3) is 0.294. The topological polar surface area (TPSA) is 38.7 Å². The molecule has 4 heteroatoms. The molecule has 2 aromatic rings. The summed E-state index contributed by atoms with van der Waals surface area (Å²) in [5, 5.41) is 9.64. The number of hydrogen-bond donors (Lipinski definition) is 1. The first-order chi connectivity index (χ1) is 10.1. The van der Waals surface area contributed by atoms with Gasteiger partial charge in [0.15, 0.2) is 0 Å². The van der Waals surface area contributed by atoms with Crippen molar-refractivity contribution in [1.82, 2.24) is 0 Å². The molecule has 0 aliphatic rings. The maximum absolute atomic E-state index is 13.2. The minimum Gasteiger partial charge on any atom is -0.497 e. The molecule has 0 bridgehead atoms. The number of hydrogen-bond acceptors (Lipinski definition) is 3. The van der Waals surface area contributed by atoms with Crippen molar-refractivity contribution in [3.63, 3.8) is 0 Å². The zero-order valence-corrected chi connectivity index (χ0v) is 12.2. The molecule has 0 radical (unpaired) electrons. The highest BCUT2D eigenvalue weighted by Crippen LogP contribution is 2.26. The molecule has 0 aliphatic carbocycles. The second-order valence-corrected chi connectivity index (χ2v) is 4.80. The average molecular weight is 290 g/mol. The van der Waals surface area contributed by atoms with Crippen LogP contribution in [0.25, 0.3) is 0 Å². The van der Waals surface area contributed by atoms with Gasteiger partial charge in [-0.15, -0.1) is 0 Å². The summed E-state index contributed by atoms with van der Waals surface area (Å²) in [5.74, 6) is 0.947. The van der Waals surface area contributed by atoms with Crippen molar-refractivity contribution in [3.05, 3.63) is 59.4 Å². The lowest BCUT2D eigenvalue weighted by Gasteiger charge is -2.13. The van der Waals surface area contributed by atoms with E-state index in [1.165, 1.54) is 12.1 Å². The van der Waals surface area contributed by atoms with Gasteiger partial charge in [-0.2, -0.15) is 0 Å².